The van der Waals surface area contributed by atoms with Crippen LogP contribution >= 0.6 is 0 Å². The average Bonchev–Trinajstić information content (AvgIpc) is 2.59. The molecule has 0 saturated heterocycles. The quantitative estimate of drug-likeness (QED) is 0.735. The topological polar surface area (TPSA) is 59.8 Å². The monoisotopic (exact) mass is 316 g/mol. The Labute approximate surface area is 133 Å². The van der Waals surface area contributed by atoms with Gasteiger partial charge in [0.1, 0.15) is 12.4 Å². The Balaban J connectivity index is 2.00. The SMILES string of the molecule is C=N/C(=C\N(C)c1ccc(F)cc1)COc1ncc(OC)cn1. The van der Waals surface area contributed by atoms with Crippen molar-refractivity contribution in [3.63, 3.8) is 0 Å². The molecule has 0 fully saturated rings. The maximum Gasteiger partial charge on any atom is 0.316 e. The maximum atomic E-state index is 12.9. The third-order valence-corrected chi connectivity index (χ3v) is 2.97. The summed E-state index contributed by atoms with van der Waals surface area (Å²) in [4.78, 5) is 13.7. The van der Waals surface area contributed by atoms with Crippen LogP contribution in [0.3, 0.4) is 0 Å². The molecule has 2 aromatic rings. The van der Waals surface area contributed by atoms with Crippen LogP contribution in [0, 0.1) is 5.82 Å². The fourth-order valence-electron chi connectivity index (χ4n) is 1.72. The van der Waals surface area contributed by atoms with Crippen molar-refractivity contribution in [2.24, 2.45) is 4.99 Å². The predicted molar refractivity (Wildman–Crippen MR) is 86.5 cm³/mol. The first kappa shape index (κ1) is 16.4. The average molecular weight is 316 g/mol. The zero-order chi connectivity index (χ0) is 16.7. The molecular weight excluding hydrogens is 299 g/mol. The zero-order valence-electron chi connectivity index (χ0n) is 12.9. The first-order valence-electron chi connectivity index (χ1n) is 6.77. The van der Waals surface area contributed by atoms with Crippen molar-refractivity contribution in [2.45, 2.75) is 0 Å². The molecule has 0 atom stereocenters. The molecule has 120 valence electrons. The normalized spacial score (nSPS) is 11.0. The minimum Gasteiger partial charge on any atom is -0.494 e. The van der Waals surface area contributed by atoms with Gasteiger partial charge in [-0.15, -0.1) is 0 Å². The van der Waals surface area contributed by atoms with E-state index in [1.54, 1.807) is 23.2 Å². The minimum atomic E-state index is -0.284. The summed E-state index contributed by atoms with van der Waals surface area (Å²) >= 11 is 0. The summed E-state index contributed by atoms with van der Waals surface area (Å²) in [7, 11) is 3.36. The number of ether oxygens (including phenoxy) is 2. The molecule has 0 saturated carbocycles. The summed E-state index contributed by atoms with van der Waals surface area (Å²) in [6, 6.07) is 6.33. The lowest BCUT2D eigenvalue weighted by molar-refractivity contribution is 0.318. The van der Waals surface area contributed by atoms with Gasteiger partial charge in [-0.25, -0.2) is 4.39 Å². The van der Waals surface area contributed by atoms with E-state index in [1.165, 1.54) is 31.6 Å². The van der Waals surface area contributed by atoms with Crippen LogP contribution in [-0.4, -0.2) is 37.4 Å². The van der Waals surface area contributed by atoms with E-state index in [0.29, 0.717) is 11.4 Å². The number of hydrogen-bond donors (Lipinski definition) is 0. The lowest BCUT2D eigenvalue weighted by Gasteiger charge is -2.15. The van der Waals surface area contributed by atoms with Gasteiger partial charge in [0.05, 0.1) is 25.2 Å². The van der Waals surface area contributed by atoms with Crippen molar-refractivity contribution in [3.05, 3.63) is 54.4 Å². The number of anilines is 1. The Kier molecular flexibility index (Phi) is 5.62. The molecule has 1 aromatic heterocycles. The van der Waals surface area contributed by atoms with Crippen LogP contribution in [-0.2, 0) is 0 Å². The largest absolute Gasteiger partial charge is 0.494 e. The number of methoxy groups -OCH3 is 1. The van der Waals surface area contributed by atoms with Crippen LogP contribution in [0.1, 0.15) is 0 Å². The van der Waals surface area contributed by atoms with Crippen LogP contribution in [0.2, 0.25) is 0 Å². The highest BCUT2D eigenvalue weighted by atomic mass is 19.1. The van der Waals surface area contributed by atoms with E-state index in [4.69, 9.17) is 9.47 Å². The highest BCUT2D eigenvalue weighted by Gasteiger charge is 2.04. The second kappa shape index (κ2) is 7.88. The Hall–Kier alpha value is -2.96. The van der Waals surface area contributed by atoms with Gasteiger partial charge in [0, 0.05) is 18.9 Å². The highest BCUT2D eigenvalue weighted by Crippen LogP contribution is 2.15. The first-order chi connectivity index (χ1) is 11.1. The second-order valence-corrected chi connectivity index (χ2v) is 4.56. The summed E-state index contributed by atoms with van der Waals surface area (Å²) in [5.41, 5.74) is 1.39. The molecule has 0 aliphatic heterocycles. The van der Waals surface area contributed by atoms with Crippen molar-refractivity contribution >= 4 is 12.4 Å². The Morgan fingerprint density at radius 1 is 1.30 bits per heavy atom. The smallest absolute Gasteiger partial charge is 0.316 e. The molecule has 2 rings (SSSR count). The van der Waals surface area contributed by atoms with Gasteiger partial charge in [-0.1, -0.05) is 0 Å². The summed E-state index contributed by atoms with van der Waals surface area (Å²) in [6.45, 7) is 3.67. The Morgan fingerprint density at radius 2 is 1.96 bits per heavy atom. The van der Waals surface area contributed by atoms with E-state index < -0.39 is 0 Å². The molecule has 0 aliphatic rings. The molecule has 23 heavy (non-hydrogen) atoms. The lowest BCUT2D eigenvalue weighted by Crippen LogP contribution is -2.12. The van der Waals surface area contributed by atoms with Crippen molar-refractivity contribution < 1.29 is 13.9 Å². The van der Waals surface area contributed by atoms with Gasteiger partial charge in [0.2, 0.25) is 0 Å². The maximum absolute atomic E-state index is 12.9. The van der Waals surface area contributed by atoms with Gasteiger partial charge in [0.25, 0.3) is 0 Å². The predicted octanol–water partition coefficient (Wildman–Crippen LogP) is 2.68. The Bertz CT molecular complexity index is 671. The standard InChI is InChI=1S/C16H17FN4O2/c1-18-13(10-21(2)14-6-4-12(17)5-7-14)11-23-16-19-8-15(22-3)9-20-16/h4-10H,1,11H2,2-3H3/b13-10-. The summed E-state index contributed by atoms with van der Waals surface area (Å²) < 4.78 is 23.4. The highest BCUT2D eigenvalue weighted by molar-refractivity contribution is 5.49. The third kappa shape index (κ3) is 4.77. The van der Waals surface area contributed by atoms with Crippen LogP contribution < -0.4 is 14.4 Å². The fraction of sp³-hybridized carbons (Fsp3) is 0.188. The van der Waals surface area contributed by atoms with Crippen LogP contribution in [0.25, 0.3) is 0 Å². The number of hydrogen-bond acceptors (Lipinski definition) is 6. The number of nitrogens with zero attached hydrogens (tertiary/aromatic N) is 4. The first-order valence-corrected chi connectivity index (χ1v) is 6.77. The molecule has 0 unspecified atom stereocenters. The summed E-state index contributed by atoms with van der Waals surface area (Å²) in [5.74, 6) is 0.263. The van der Waals surface area contributed by atoms with Gasteiger partial charge < -0.3 is 14.4 Å². The number of aromatic nitrogens is 2. The Morgan fingerprint density at radius 3 is 2.52 bits per heavy atom. The van der Waals surface area contributed by atoms with E-state index in [0.717, 1.165) is 5.69 Å². The summed E-state index contributed by atoms with van der Waals surface area (Å²) in [5, 5.41) is 0. The minimum absolute atomic E-state index is 0.154. The molecular formula is C16H17FN4O2. The van der Waals surface area contributed by atoms with Gasteiger partial charge in [-0.05, 0) is 31.0 Å². The van der Waals surface area contributed by atoms with Gasteiger partial charge in [0.15, 0.2) is 5.75 Å². The van der Waals surface area contributed by atoms with Gasteiger partial charge in [-0.2, -0.15) is 9.97 Å². The molecule has 0 spiro atoms. The van der Waals surface area contributed by atoms with Crippen molar-refractivity contribution in [1.29, 1.82) is 0 Å². The third-order valence-electron chi connectivity index (χ3n) is 2.97. The van der Waals surface area contributed by atoms with E-state index >= 15 is 0 Å². The molecule has 0 radical (unpaired) electrons. The van der Waals surface area contributed by atoms with Gasteiger partial charge >= 0.3 is 6.01 Å². The van der Waals surface area contributed by atoms with E-state index in [-0.39, 0.29) is 18.4 Å². The van der Waals surface area contributed by atoms with Crippen molar-refractivity contribution in [1.82, 2.24) is 9.97 Å². The number of benzene rings is 1. The molecule has 0 bridgehead atoms. The van der Waals surface area contributed by atoms with E-state index in [2.05, 4.69) is 21.7 Å². The van der Waals surface area contributed by atoms with Crippen molar-refractivity contribution in [2.75, 3.05) is 25.7 Å². The molecule has 7 heteroatoms. The molecule has 0 aliphatic carbocycles. The van der Waals surface area contributed by atoms with E-state index in [9.17, 15) is 4.39 Å². The van der Waals surface area contributed by atoms with Crippen LogP contribution in [0.5, 0.6) is 11.8 Å². The lowest BCUT2D eigenvalue weighted by atomic mass is 10.3. The molecule has 0 amide bonds. The number of aliphatic imine (C=N–C) groups is 1. The molecule has 1 aromatic carbocycles. The second-order valence-electron chi connectivity index (χ2n) is 4.56. The fourth-order valence-corrected chi connectivity index (χ4v) is 1.72. The van der Waals surface area contributed by atoms with Gasteiger partial charge in [-0.3, -0.25) is 4.99 Å². The molecule has 1 heterocycles. The number of rotatable bonds is 7. The molecule has 6 nitrogen and oxygen atoms in total. The molecule has 0 N–H and O–H groups in total. The van der Waals surface area contributed by atoms with Crippen LogP contribution in [0.15, 0.2) is 53.5 Å². The van der Waals surface area contributed by atoms with Crippen LogP contribution in [0.4, 0.5) is 10.1 Å². The number of halogens is 1. The summed E-state index contributed by atoms with van der Waals surface area (Å²) in [6.07, 6.45) is 4.76. The van der Waals surface area contributed by atoms with Crippen molar-refractivity contribution in [3.8, 4) is 11.8 Å². The zero-order valence-corrected chi connectivity index (χ0v) is 12.9. The van der Waals surface area contributed by atoms with E-state index in [1.807, 2.05) is 7.05 Å².